The first-order chi connectivity index (χ1) is 14.7. The van der Waals surface area contributed by atoms with Crippen LogP contribution in [0.5, 0.6) is 0 Å². The average molecular weight is 448 g/mol. The second-order valence-corrected chi connectivity index (χ2v) is 9.67. The maximum Gasteiger partial charge on any atom is 0.305 e. The van der Waals surface area contributed by atoms with E-state index in [2.05, 4.69) is 36.9 Å². The highest BCUT2D eigenvalue weighted by Gasteiger charge is 2.43. The lowest BCUT2D eigenvalue weighted by Gasteiger charge is -2.22. The Balaban J connectivity index is 0.000000654. The van der Waals surface area contributed by atoms with Crippen molar-refractivity contribution in [1.82, 2.24) is 14.6 Å². The second-order valence-electron chi connectivity index (χ2n) is 9.67. The van der Waals surface area contributed by atoms with Crippen LogP contribution in [-0.2, 0) is 14.3 Å². The van der Waals surface area contributed by atoms with Gasteiger partial charge in [0.2, 0.25) is 0 Å². The van der Waals surface area contributed by atoms with Crippen molar-refractivity contribution in [1.29, 1.82) is 5.26 Å². The fourth-order valence-corrected chi connectivity index (χ4v) is 3.15. The van der Waals surface area contributed by atoms with Gasteiger partial charge in [-0.05, 0) is 50.7 Å². The van der Waals surface area contributed by atoms with Crippen molar-refractivity contribution in [3.05, 3.63) is 24.2 Å². The molecule has 3 heterocycles. The fourth-order valence-electron chi connectivity index (χ4n) is 3.15. The highest BCUT2D eigenvalue weighted by molar-refractivity contribution is 5.69. The number of nitrogen functional groups attached to an aromatic ring is 1. The highest BCUT2D eigenvalue weighted by atomic mass is 16.6. The zero-order chi connectivity index (χ0) is 24.2. The van der Waals surface area contributed by atoms with E-state index < -0.39 is 11.4 Å². The maximum atomic E-state index is 12.0. The van der Waals surface area contributed by atoms with Crippen molar-refractivity contribution in [2.75, 3.05) is 12.3 Å². The molecule has 0 radical (unpaired) electrons. The number of anilines is 1. The normalized spacial score (nSPS) is 21.0. The summed E-state index contributed by atoms with van der Waals surface area (Å²) in [5.41, 5.74) is 6.28. The molecule has 0 aliphatic carbocycles. The number of hydrogen-bond donors (Lipinski definition) is 3. The van der Waals surface area contributed by atoms with Gasteiger partial charge in [0.15, 0.2) is 17.2 Å². The number of nitrogens with zero attached hydrogens (tertiary/aromatic N) is 4. The smallest absolute Gasteiger partial charge is 0.305 e. The van der Waals surface area contributed by atoms with Gasteiger partial charge in [0.1, 0.15) is 30.6 Å². The van der Waals surface area contributed by atoms with Gasteiger partial charge < -0.3 is 25.4 Å². The number of fused-ring (bicyclic) bond motifs is 1. The third kappa shape index (κ3) is 7.44. The quantitative estimate of drug-likeness (QED) is 0.463. The van der Waals surface area contributed by atoms with E-state index in [1.165, 1.54) is 20.2 Å². The lowest BCUT2D eigenvalue weighted by molar-refractivity contribution is -0.151. The van der Waals surface area contributed by atoms with Gasteiger partial charge in [-0.2, -0.15) is 10.4 Å². The Hall–Kier alpha value is -2.74. The first-order valence-electron chi connectivity index (χ1n) is 10.5. The summed E-state index contributed by atoms with van der Waals surface area (Å²) in [6.45, 7) is 8.74. The van der Waals surface area contributed by atoms with Crippen LogP contribution in [-0.4, -0.2) is 48.8 Å². The molecule has 10 heteroatoms. The number of rotatable bonds is 5. The number of hydrogen-bond acceptors (Lipinski definition) is 9. The minimum atomic E-state index is -1.50. The molecule has 1 aliphatic rings. The molecule has 176 valence electrons. The van der Waals surface area contributed by atoms with Gasteiger partial charge in [-0.1, -0.05) is 20.8 Å². The Kier molecular flexibility index (Phi) is 7.83. The van der Waals surface area contributed by atoms with E-state index in [0.717, 1.165) is 12.1 Å². The third-order valence-corrected chi connectivity index (χ3v) is 4.77. The fraction of sp³-hybridized carbons (Fsp3) is 0.636. The summed E-state index contributed by atoms with van der Waals surface area (Å²) >= 11 is 0. The van der Waals surface area contributed by atoms with Crippen molar-refractivity contribution >= 4 is 17.3 Å². The molecule has 1 saturated heterocycles. The van der Waals surface area contributed by atoms with Crippen molar-refractivity contribution in [3.8, 4) is 6.07 Å². The molecule has 32 heavy (non-hydrogen) atoms. The maximum absolute atomic E-state index is 12.0. The van der Waals surface area contributed by atoms with Gasteiger partial charge in [-0.15, -0.1) is 0 Å². The van der Waals surface area contributed by atoms with Crippen LogP contribution in [0.25, 0.3) is 5.52 Å². The Morgan fingerprint density at radius 2 is 2.03 bits per heavy atom. The molecule has 10 nitrogen and oxygen atoms in total. The first-order valence-corrected chi connectivity index (χ1v) is 10.5. The molecule has 2 aromatic heterocycles. The van der Waals surface area contributed by atoms with Crippen LogP contribution in [0.4, 0.5) is 5.82 Å². The predicted octanol–water partition coefficient (Wildman–Crippen LogP) is 2.50. The Labute approximate surface area is 188 Å². The molecular formula is C22H33N5O5. The summed E-state index contributed by atoms with van der Waals surface area (Å²) in [6, 6.07) is 5.89. The number of ether oxygens (including phenoxy) is 2. The third-order valence-electron chi connectivity index (χ3n) is 4.77. The number of carbonyl (C=O) groups is 1. The second kappa shape index (κ2) is 9.81. The van der Waals surface area contributed by atoms with Gasteiger partial charge in [0, 0.05) is 6.42 Å². The Morgan fingerprint density at radius 1 is 1.38 bits per heavy atom. The summed E-state index contributed by atoms with van der Waals surface area (Å²) < 4.78 is 13.1. The van der Waals surface area contributed by atoms with Crippen LogP contribution in [0, 0.1) is 16.7 Å². The number of nitriles is 1. The molecular weight excluding hydrogens is 414 g/mol. The number of aliphatic hydroxyl groups is 2. The summed E-state index contributed by atoms with van der Waals surface area (Å²) in [5, 5.41) is 30.0. The predicted molar refractivity (Wildman–Crippen MR) is 117 cm³/mol. The molecule has 4 N–H and O–H groups in total. The van der Waals surface area contributed by atoms with Crippen LogP contribution in [0.1, 0.15) is 72.1 Å². The van der Waals surface area contributed by atoms with Gasteiger partial charge >= 0.3 is 5.97 Å². The van der Waals surface area contributed by atoms with E-state index >= 15 is 0 Å². The van der Waals surface area contributed by atoms with E-state index in [0.29, 0.717) is 30.6 Å². The highest BCUT2D eigenvalue weighted by Crippen LogP contribution is 2.40. The van der Waals surface area contributed by atoms with Crippen molar-refractivity contribution in [3.63, 3.8) is 0 Å². The SMILES string of the molecule is CC(C)(C)CCC(=O)OC[C@]1(C#N)CCC(c2ccc3c(N)ncnn23)O1.CC(C)(O)O. The van der Waals surface area contributed by atoms with Crippen LogP contribution in [0.2, 0.25) is 0 Å². The van der Waals surface area contributed by atoms with E-state index in [4.69, 9.17) is 25.4 Å². The molecule has 0 spiro atoms. The average Bonchev–Trinajstić information content (AvgIpc) is 3.28. The van der Waals surface area contributed by atoms with Crippen molar-refractivity contribution in [2.24, 2.45) is 5.41 Å². The lowest BCUT2D eigenvalue weighted by atomic mass is 9.91. The van der Waals surface area contributed by atoms with E-state index in [1.54, 1.807) is 4.52 Å². The number of esters is 1. The summed E-state index contributed by atoms with van der Waals surface area (Å²) in [4.78, 5) is 16.0. The molecule has 0 amide bonds. The van der Waals surface area contributed by atoms with Gasteiger partial charge in [-0.25, -0.2) is 9.50 Å². The molecule has 3 rings (SSSR count). The molecule has 2 atom stereocenters. The van der Waals surface area contributed by atoms with Gasteiger partial charge in [-0.3, -0.25) is 4.79 Å². The van der Waals surface area contributed by atoms with Gasteiger partial charge in [0.25, 0.3) is 0 Å². The minimum absolute atomic E-state index is 0.0562. The van der Waals surface area contributed by atoms with E-state index in [1.807, 2.05) is 12.1 Å². The Bertz CT molecular complexity index is 964. The summed E-state index contributed by atoms with van der Waals surface area (Å²) in [6.07, 6.45) is 3.22. The molecule has 1 aliphatic heterocycles. The number of nitrogens with two attached hydrogens (primary N) is 1. The topological polar surface area (TPSA) is 156 Å². The molecule has 1 unspecified atom stereocenters. The molecule has 2 aromatic rings. The van der Waals surface area contributed by atoms with Crippen LogP contribution in [0.15, 0.2) is 18.5 Å². The summed E-state index contributed by atoms with van der Waals surface area (Å²) in [7, 11) is 0. The molecule has 0 bridgehead atoms. The van der Waals surface area contributed by atoms with Crippen LogP contribution in [0.3, 0.4) is 0 Å². The van der Waals surface area contributed by atoms with Crippen molar-refractivity contribution in [2.45, 2.75) is 77.8 Å². The summed E-state index contributed by atoms with van der Waals surface area (Å²) in [5.74, 6) is -1.42. The molecule has 1 fully saturated rings. The van der Waals surface area contributed by atoms with Crippen LogP contribution < -0.4 is 5.73 Å². The number of aromatic nitrogens is 3. The zero-order valence-electron chi connectivity index (χ0n) is 19.3. The monoisotopic (exact) mass is 447 g/mol. The zero-order valence-corrected chi connectivity index (χ0v) is 19.3. The molecule has 0 aromatic carbocycles. The van der Waals surface area contributed by atoms with Crippen LogP contribution >= 0.6 is 0 Å². The Morgan fingerprint density at radius 3 is 2.62 bits per heavy atom. The minimum Gasteiger partial charge on any atom is -0.461 e. The lowest BCUT2D eigenvalue weighted by Crippen LogP contribution is -2.33. The molecule has 0 saturated carbocycles. The van der Waals surface area contributed by atoms with Gasteiger partial charge in [0.05, 0.1) is 5.69 Å². The first kappa shape index (κ1) is 25.5. The van der Waals surface area contributed by atoms with E-state index in [-0.39, 0.29) is 24.1 Å². The van der Waals surface area contributed by atoms with E-state index in [9.17, 15) is 10.1 Å². The largest absolute Gasteiger partial charge is 0.461 e. The standard InChI is InChI=1S/C19H25N5O3.C3H8O2/c1-18(2,3)8-7-16(25)26-11-19(10-20)9-6-15(27-19)13-4-5-14-17(21)22-12-23-24(13)14;1-3(2,4)5/h4-5,12,15H,6-9,11H2,1-3H3,(H2,21,22,23);4-5H,1-2H3/t15?,19-;/m1./s1. The van der Waals surface area contributed by atoms with Crippen molar-refractivity contribution < 1.29 is 24.5 Å². The number of carbonyl (C=O) groups excluding carboxylic acids is 1.